The molecule has 21 heavy (non-hydrogen) atoms. The minimum atomic E-state index is 0.388. The minimum Gasteiger partial charge on any atom is -0.465 e. The van der Waals surface area contributed by atoms with Gasteiger partial charge < -0.3 is 4.42 Å². The highest BCUT2D eigenvalue weighted by atomic mass is 16.3. The summed E-state index contributed by atoms with van der Waals surface area (Å²) in [5.41, 5.74) is 1.16. The lowest BCUT2D eigenvalue weighted by atomic mass is 10.1. The zero-order chi connectivity index (χ0) is 14.7. The Hall–Kier alpha value is -1.65. The Morgan fingerprint density at radius 2 is 1.95 bits per heavy atom. The van der Waals surface area contributed by atoms with Crippen molar-refractivity contribution in [3.05, 3.63) is 53.7 Å². The molecule has 0 aliphatic carbocycles. The van der Waals surface area contributed by atoms with Gasteiger partial charge in [-0.2, -0.15) is 0 Å². The van der Waals surface area contributed by atoms with Gasteiger partial charge in [0, 0.05) is 38.4 Å². The molecule has 0 saturated carbocycles. The highest BCUT2D eigenvalue weighted by Crippen LogP contribution is 2.20. The van der Waals surface area contributed by atoms with Crippen molar-refractivity contribution >= 4 is 0 Å². The summed E-state index contributed by atoms with van der Waals surface area (Å²) in [6.45, 7) is 9.48. The molecule has 0 bridgehead atoms. The fraction of sp³-hybridized carbons (Fsp3) is 0.471. The normalized spacial score (nSPS) is 18.8. The maximum atomic E-state index is 5.66. The molecule has 0 aromatic carbocycles. The number of furan rings is 1. The Balaban J connectivity index is 1.53. The number of nitrogens with zero attached hydrogens (tertiary/aromatic N) is 3. The smallest absolute Gasteiger partial charge is 0.118 e. The number of aryl methyl sites for hydroxylation is 1. The van der Waals surface area contributed by atoms with Gasteiger partial charge in [-0.3, -0.25) is 14.8 Å². The number of piperazine rings is 1. The molecule has 0 amide bonds. The Kier molecular flexibility index (Phi) is 4.36. The van der Waals surface area contributed by atoms with Crippen LogP contribution in [-0.4, -0.2) is 41.0 Å². The summed E-state index contributed by atoms with van der Waals surface area (Å²) in [5, 5.41) is 0. The Labute approximate surface area is 126 Å². The Morgan fingerprint density at radius 1 is 1.14 bits per heavy atom. The van der Waals surface area contributed by atoms with Crippen molar-refractivity contribution in [3.8, 4) is 0 Å². The van der Waals surface area contributed by atoms with Gasteiger partial charge in [-0.05, 0) is 38.1 Å². The summed E-state index contributed by atoms with van der Waals surface area (Å²) in [6, 6.07) is 10.7. The van der Waals surface area contributed by atoms with E-state index in [9.17, 15) is 0 Å². The van der Waals surface area contributed by atoms with Crippen LogP contribution in [-0.2, 0) is 6.54 Å². The van der Waals surface area contributed by atoms with Crippen LogP contribution in [0, 0.1) is 6.92 Å². The molecule has 1 aliphatic heterocycles. The van der Waals surface area contributed by atoms with Crippen LogP contribution >= 0.6 is 0 Å². The lowest BCUT2D eigenvalue weighted by Crippen LogP contribution is -2.46. The topological polar surface area (TPSA) is 32.5 Å². The van der Waals surface area contributed by atoms with Crippen LogP contribution < -0.4 is 0 Å². The second-order valence-electron chi connectivity index (χ2n) is 5.76. The molecule has 1 fully saturated rings. The van der Waals surface area contributed by atoms with Gasteiger partial charge in [0.15, 0.2) is 0 Å². The van der Waals surface area contributed by atoms with E-state index in [4.69, 9.17) is 4.42 Å². The molecule has 1 aliphatic rings. The molecule has 2 aromatic heterocycles. The van der Waals surface area contributed by atoms with E-state index in [0.29, 0.717) is 6.04 Å². The molecule has 3 heterocycles. The maximum Gasteiger partial charge on any atom is 0.118 e. The second kappa shape index (κ2) is 6.41. The summed E-state index contributed by atoms with van der Waals surface area (Å²) in [5.74, 6) is 2.06. The van der Waals surface area contributed by atoms with Crippen molar-refractivity contribution in [2.75, 3.05) is 26.2 Å². The van der Waals surface area contributed by atoms with Crippen LogP contribution in [0.4, 0.5) is 0 Å². The first kappa shape index (κ1) is 14.3. The van der Waals surface area contributed by atoms with Crippen LogP contribution in [0.3, 0.4) is 0 Å². The third kappa shape index (κ3) is 3.52. The molecule has 1 saturated heterocycles. The molecule has 3 rings (SSSR count). The van der Waals surface area contributed by atoms with Crippen LogP contribution in [0.15, 0.2) is 40.9 Å². The molecular weight excluding hydrogens is 262 g/mol. The third-order valence-electron chi connectivity index (χ3n) is 4.25. The highest BCUT2D eigenvalue weighted by Gasteiger charge is 2.23. The fourth-order valence-corrected chi connectivity index (χ4v) is 2.91. The predicted molar refractivity (Wildman–Crippen MR) is 82.9 cm³/mol. The number of hydrogen-bond donors (Lipinski definition) is 0. The van der Waals surface area contributed by atoms with Gasteiger partial charge in [0.2, 0.25) is 0 Å². The van der Waals surface area contributed by atoms with Crippen LogP contribution in [0.2, 0.25) is 0 Å². The first-order valence-electron chi connectivity index (χ1n) is 7.65. The number of aromatic nitrogens is 1. The van der Waals surface area contributed by atoms with Crippen molar-refractivity contribution in [1.29, 1.82) is 0 Å². The van der Waals surface area contributed by atoms with Crippen LogP contribution in [0.25, 0.3) is 0 Å². The molecule has 112 valence electrons. The quantitative estimate of drug-likeness (QED) is 0.864. The molecule has 2 aromatic rings. The summed E-state index contributed by atoms with van der Waals surface area (Å²) in [7, 11) is 0. The van der Waals surface area contributed by atoms with E-state index in [2.05, 4.69) is 39.9 Å². The standard InChI is InChI=1S/C17H23N3O/c1-14-6-7-16(21-14)13-19-9-11-20(12-10-19)15(2)17-5-3-4-8-18-17/h3-8,15H,9-13H2,1-2H3/t15-/m0/s1. The van der Waals surface area contributed by atoms with Gasteiger partial charge >= 0.3 is 0 Å². The van der Waals surface area contributed by atoms with E-state index in [-0.39, 0.29) is 0 Å². The van der Waals surface area contributed by atoms with E-state index in [1.165, 1.54) is 0 Å². The van der Waals surface area contributed by atoms with E-state index in [1.807, 2.05) is 25.3 Å². The lowest BCUT2D eigenvalue weighted by molar-refractivity contribution is 0.0917. The Morgan fingerprint density at radius 3 is 2.57 bits per heavy atom. The first-order chi connectivity index (χ1) is 10.2. The largest absolute Gasteiger partial charge is 0.465 e. The predicted octanol–water partition coefficient (Wildman–Crippen LogP) is 2.86. The second-order valence-corrected chi connectivity index (χ2v) is 5.76. The molecular formula is C17H23N3O. The van der Waals surface area contributed by atoms with E-state index in [0.717, 1.165) is 49.9 Å². The minimum absolute atomic E-state index is 0.388. The molecule has 0 unspecified atom stereocenters. The average molecular weight is 285 g/mol. The first-order valence-corrected chi connectivity index (χ1v) is 7.65. The monoisotopic (exact) mass is 285 g/mol. The van der Waals surface area contributed by atoms with Gasteiger partial charge in [-0.1, -0.05) is 6.07 Å². The lowest BCUT2D eigenvalue weighted by Gasteiger charge is -2.37. The van der Waals surface area contributed by atoms with Gasteiger partial charge in [-0.15, -0.1) is 0 Å². The van der Waals surface area contributed by atoms with Gasteiger partial charge in [-0.25, -0.2) is 0 Å². The summed E-state index contributed by atoms with van der Waals surface area (Å²) < 4.78 is 5.66. The van der Waals surface area contributed by atoms with Crippen LogP contribution in [0.5, 0.6) is 0 Å². The zero-order valence-electron chi connectivity index (χ0n) is 12.8. The van der Waals surface area contributed by atoms with Crippen molar-refractivity contribution in [2.45, 2.75) is 26.4 Å². The third-order valence-corrected chi connectivity index (χ3v) is 4.25. The maximum absolute atomic E-state index is 5.66. The Bertz CT molecular complexity index is 558. The van der Waals surface area contributed by atoms with E-state index in [1.54, 1.807) is 0 Å². The highest BCUT2D eigenvalue weighted by molar-refractivity contribution is 5.09. The molecule has 4 nitrogen and oxygen atoms in total. The average Bonchev–Trinajstić information content (AvgIpc) is 2.93. The molecule has 0 N–H and O–H groups in total. The SMILES string of the molecule is Cc1ccc(CN2CCN([C@@H](C)c3ccccn3)CC2)o1. The molecule has 1 atom stereocenters. The number of hydrogen-bond acceptors (Lipinski definition) is 4. The summed E-state index contributed by atoms with van der Waals surface area (Å²) in [4.78, 5) is 9.44. The van der Waals surface area contributed by atoms with Gasteiger partial charge in [0.05, 0.1) is 12.2 Å². The van der Waals surface area contributed by atoms with E-state index < -0.39 is 0 Å². The molecule has 0 spiro atoms. The van der Waals surface area contributed by atoms with E-state index >= 15 is 0 Å². The van der Waals surface area contributed by atoms with Gasteiger partial charge in [0.25, 0.3) is 0 Å². The zero-order valence-corrected chi connectivity index (χ0v) is 12.8. The number of rotatable bonds is 4. The van der Waals surface area contributed by atoms with Crippen molar-refractivity contribution < 1.29 is 4.42 Å². The molecule has 4 heteroatoms. The number of pyridine rings is 1. The van der Waals surface area contributed by atoms with Crippen molar-refractivity contribution in [3.63, 3.8) is 0 Å². The van der Waals surface area contributed by atoms with Gasteiger partial charge in [0.1, 0.15) is 11.5 Å². The van der Waals surface area contributed by atoms with Crippen molar-refractivity contribution in [2.24, 2.45) is 0 Å². The fourth-order valence-electron chi connectivity index (χ4n) is 2.91. The summed E-state index contributed by atoms with van der Waals surface area (Å²) in [6.07, 6.45) is 1.88. The van der Waals surface area contributed by atoms with Crippen molar-refractivity contribution in [1.82, 2.24) is 14.8 Å². The summed E-state index contributed by atoms with van der Waals surface area (Å²) >= 11 is 0. The molecule has 0 radical (unpaired) electrons. The van der Waals surface area contributed by atoms with Crippen LogP contribution in [0.1, 0.15) is 30.2 Å².